The predicted molar refractivity (Wildman–Crippen MR) is 263 cm³/mol. The van der Waals surface area contributed by atoms with Crippen LogP contribution in [0.3, 0.4) is 0 Å². The van der Waals surface area contributed by atoms with Crippen LogP contribution in [0.5, 0.6) is 0 Å². The minimum Gasteiger partial charge on any atom is -0.456 e. The Morgan fingerprint density at radius 1 is 0.206 bits per heavy atom. The summed E-state index contributed by atoms with van der Waals surface area (Å²) in [7, 11) is 0. The van der Waals surface area contributed by atoms with Crippen LogP contribution in [0.1, 0.15) is 0 Å². The highest BCUT2D eigenvalue weighted by molar-refractivity contribution is 6.07. The lowest BCUT2D eigenvalue weighted by molar-refractivity contribution is 0.668. The van der Waals surface area contributed by atoms with Gasteiger partial charge in [0, 0.05) is 38.6 Å². The number of nitrogens with zero attached hydrogens (tertiary/aromatic N) is 1. The Morgan fingerprint density at radius 3 is 0.857 bits per heavy atom. The normalized spacial score (nSPS) is 11.5. The maximum Gasteiger partial charge on any atom is 0.135 e. The zero-order valence-electron chi connectivity index (χ0n) is 34.3. The van der Waals surface area contributed by atoms with Crippen molar-refractivity contribution in [2.75, 3.05) is 4.90 Å². The van der Waals surface area contributed by atoms with Crippen LogP contribution in [0.15, 0.2) is 245 Å². The van der Waals surface area contributed by atoms with Crippen molar-refractivity contribution in [1.82, 2.24) is 0 Å². The molecule has 0 N–H and O–H groups in total. The first-order valence-corrected chi connectivity index (χ1v) is 21.4. The van der Waals surface area contributed by atoms with E-state index in [9.17, 15) is 0 Å². The fourth-order valence-corrected chi connectivity index (χ4v) is 9.01. The molecule has 0 aliphatic rings. The fourth-order valence-electron chi connectivity index (χ4n) is 9.01. The van der Waals surface area contributed by atoms with Crippen LogP contribution in [-0.4, -0.2) is 0 Å². The first-order chi connectivity index (χ1) is 31.2. The number of para-hydroxylation sites is 2. The van der Waals surface area contributed by atoms with E-state index in [0.29, 0.717) is 0 Å². The lowest BCUT2D eigenvalue weighted by Gasteiger charge is -2.26. The van der Waals surface area contributed by atoms with E-state index in [1.807, 2.05) is 24.3 Å². The summed E-state index contributed by atoms with van der Waals surface area (Å²) in [6.07, 6.45) is 0. The van der Waals surface area contributed by atoms with Crippen LogP contribution in [0.2, 0.25) is 0 Å². The Balaban J connectivity index is 0.831. The number of hydrogen-bond acceptors (Lipinski definition) is 3. The van der Waals surface area contributed by atoms with Crippen molar-refractivity contribution in [3.05, 3.63) is 237 Å². The lowest BCUT2D eigenvalue weighted by Crippen LogP contribution is -2.09. The molecule has 0 saturated carbocycles. The molecule has 0 aliphatic carbocycles. The topological polar surface area (TPSA) is 29.5 Å². The summed E-state index contributed by atoms with van der Waals surface area (Å²) in [4.78, 5) is 2.33. The van der Waals surface area contributed by atoms with E-state index in [1.165, 1.54) is 44.5 Å². The Kier molecular flexibility index (Phi) is 8.83. The average Bonchev–Trinajstić information content (AvgIpc) is 3.93. The van der Waals surface area contributed by atoms with E-state index in [0.717, 1.165) is 72.1 Å². The molecule has 12 rings (SSSR count). The van der Waals surface area contributed by atoms with Crippen LogP contribution in [0.25, 0.3) is 99.5 Å². The monoisotopic (exact) mass is 805 g/mol. The van der Waals surface area contributed by atoms with Gasteiger partial charge in [-0.25, -0.2) is 0 Å². The molecule has 3 nitrogen and oxygen atoms in total. The molecule has 0 radical (unpaired) electrons. The smallest absolute Gasteiger partial charge is 0.135 e. The molecule has 296 valence electrons. The molecule has 63 heavy (non-hydrogen) atoms. The van der Waals surface area contributed by atoms with E-state index in [-0.39, 0.29) is 0 Å². The van der Waals surface area contributed by atoms with E-state index >= 15 is 0 Å². The third kappa shape index (κ3) is 6.73. The fraction of sp³-hybridized carbons (Fsp3) is 0. The molecular weight excluding hydrogens is 767 g/mol. The van der Waals surface area contributed by atoms with Gasteiger partial charge in [0.25, 0.3) is 0 Å². The van der Waals surface area contributed by atoms with Crippen LogP contribution in [0.4, 0.5) is 17.1 Å². The maximum absolute atomic E-state index is 6.08. The molecule has 0 fully saturated rings. The Morgan fingerprint density at radius 2 is 0.476 bits per heavy atom. The summed E-state index contributed by atoms with van der Waals surface area (Å²) < 4.78 is 12.2. The third-order valence-electron chi connectivity index (χ3n) is 12.3. The number of furan rings is 2. The van der Waals surface area contributed by atoms with E-state index < -0.39 is 0 Å². The summed E-state index contributed by atoms with van der Waals surface area (Å²) in [5.41, 5.74) is 18.7. The first kappa shape index (κ1) is 36.5. The van der Waals surface area contributed by atoms with Crippen molar-refractivity contribution in [2.24, 2.45) is 0 Å². The van der Waals surface area contributed by atoms with Gasteiger partial charge in [0.15, 0.2) is 0 Å². The van der Waals surface area contributed by atoms with Gasteiger partial charge in [-0.3, -0.25) is 0 Å². The van der Waals surface area contributed by atoms with Gasteiger partial charge in [-0.05, 0) is 128 Å². The van der Waals surface area contributed by atoms with Crippen LogP contribution >= 0.6 is 0 Å². The zero-order chi connectivity index (χ0) is 41.7. The summed E-state index contributed by atoms with van der Waals surface area (Å²) in [6, 6.07) is 84.3. The lowest BCUT2D eigenvalue weighted by atomic mass is 9.98. The first-order valence-electron chi connectivity index (χ1n) is 21.4. The van der Waals surface area contributed by atoms with Crippen LogP contribution in [0, 0.1) is 0 Å². The third-order valence-corrected chi connectivity index (χ3v) is 12.3. The molecule has 2 heterocycles. The van der Waals surface area contributed by atoms with Gasteiger partial charge >= 0.3 is 0 Å². The van der Waals surface area contributed by atoms with Gasteiger partial charge in [0.2, 0.25) is 0 Å². The molecule has 2 aromatic heterocycles. The number of fused-ring (bicyclic) bond motifs is 6. The molecule has 0 aliphatic heterocycles. The van der Waals surface area contributed by atoms with E-state index in [2.05, 4.69) is 217 Å². The number of anilines is 3. The van der Waals surface area contributed by atoms with Gasteiger partial charge in [0.05, 0.1) is 0 Å². The molecule has 0 atom stereocenters. The largest absolute Gasteiger partial charge is 0.456 e. The van der Waals surface area contributed by atoms with Gasteiger partial charge in [-0.15, -0.1) is 0 Å². The second-order valence-corrected chi connectivity index (χ2v) is 16.1. The van der Waals surface area contributed by atoms with E-state index in [1.54, 1.807) is 0 Å². The zero-order valence-corrected chi connectivity index (χ0v) is 34.3. The highest BCUT2D eigenvalue weighted by Crippen LogP contribution is 2.39. The van der Waals surface area contributed by atoms with Crippen molar-refractivity contribution in [3.8, 4) is 55.6 Å². The van der Waals surface area contributed by atoms with Gasteiger partial charge in [-0.1, -0.05) is 164 Å². The number of benzene rings is 10. The van der Waals surface area contributed by atoms with Gasteiger partial charge < -0.3 is 13.7 Å². The summed E-state index contributed by atoms with van der Waals surface area (Å²) in [5, 5.41) is 4.56. The maximum atomic E-state index is 6.08. The molecule has 12 aromatic rings. The van der Waals surface area contributed by atoms with Crippen molar-refractivity contribution in [1.29, 1.82) is 0 Å². The minimum atomic E-state index is 0.911. The van der Waals surface area contributed by atoms with Gasteiger partial charge in [0.1, 0.15) is 22.3 Å². The Hall–Kier alpha value is -8.40. The molecule has 0 amide bonds. The molecular formula is C60H39NO2. The molecule has 0 unspecified atom stereocenters. The Labute approximate surface area is 365 Å². The van der Waals surface area contributed by atoms with Crippen LogP contribution < -0.4 is 4.90 Å². The van der Waals surface area contributed by atoms with Crippen molar-refractivity contribution < 1.29 is 8.83 Å². The van der Waals surface area contributed by atoms with Crippen LogP contribution in [-0.2, 0) is 0 Å². The minimum absolute atomic E-state index is 0.911. The molecule has 0 saturated heterocycles. The second kappa shape index (κ2) is 15.3. The molecule has 3 heteroatoms. The summed E-state index contributed by atoms with van der Waals surface area (Å²) in [5.74, 6) is 0. The SMILES string of the molecule is c1ccc(-c2ccc(N(c3ccc(-c4ccc(-c5ccc6oc7ccccc7c6c5)cc4)cc3)c3ccc(-c4ccc(-c5ccc6oc7ccccc7c6c5)cc4)cc3)cc2)cc1. The summed E-state index contributed by atoms with van der Waals surface area (Å²) in [6.45, 7) is 0. The number of rotatable bonds is 8. The van der Waals surface area contributed by atoms with Crippen molar-refractivity contribution in [3.63, 3.8) is 0 Å². The quantitative estimate of drug-likeness (QED) is 0.153. The molecule has 10 aromatic carbocycles. The highest BCUT2D eigenvalue weighted by atomic mass is 16.3. The molecule has 0 spiro atoms. The highest BCUT2D eigenvalue weighted by Gasteiger charge is 2.15. The van der Waals surface area contributed by atoms with Gasteiger partial charge in [-0.2, -0.15) is 0 Å². The average molecular weight is 806 g/mol. The second-order valence-electron chi connectivity index (χ2n) is 16.1. The standard InChI is InChI=1S/C60H39NO2/c1-2-8-40(9-3-1)43-22-30-50(31-23-43)61(51-32-24-44(25-33-51)41-14-18-46(19-15-41)48-28-36-59-55(38-48)53-10-4-6-12-57(53)62-59)52-34-26-45(27-35-52)42-16-20-47(21-17-42)49-29-37-60-56(39-49)54-11-5-7-13-58(54)63-60/h1-39H. The van der Waals surface area contributed by atoms with E-state index in [4.69, 9.17) is 8.83 Å². The molecule has 0 bridgehead atoms. The van der Waals surface area contributed by atoms with Crippen molar-refractivity contribution >= 4 is 60.9 Å². The Bertz CT molecular complexity index is 3360. The van der Waals surface area contributed by atoms with Crippen molar-refractivity contribution in [2.45, 2.75) is 0 Å². The number of hydrogen-bond donors (Lipinski definition) is 0. The predicted octanol–water partition coefficient (Wildman–Crippen LogP) is 17.3. The summed E-state index contributed by atoms with van der Waals surface area (Å²) >= 11 is 0.